The zero-order valence-electron chi connectivity index (χ0n) is 12.8. The van der Waals surface area contributed by atoms with Gasteiger partial charge in [0.15, 0.2) is 0 Å². The van der Waals surface area contributed by atoms with Crippen molar-refractivity contribution < 1.29 is 4.43 Å². The van der Waals surface area contributed by atoms with E-state index in [1.807, 2.05) is 6.08 Å². The van der Waals surface area contributed by atoms with Gasteiger partial charge in [0, 0.05) is 6.42 Å². The van der Waals surface area contributed by atoms with E-state index in [0.29, 0.717) is 0 Å². The average Bonchev–Trinajstić information content (AvgIpc) is 2.55. The van der Waals surface area contributed by atoms with Crippen LogP contribution in [0.5, 0.6) is 0 Å². The van der Waals surface area contributed by atoms with E-state index < -0.39 is 0 Å². The van der Waals surface area contributed by atoms with Crippen LogP contribution in [0.1, 0.15) is 24.0 Å². The van der Waals surface area contributed by atoms with Crippen molar-refractivity contribution in [1.82, 2.24) is 0 Å². The van der Waals surface area contributed by atoms with Crippen LogP contribution in [0.2, 0.25) is 0 Å². The SMILES string of the molecule is C=CCC(CCc1ccccc1)(Cc1ccccc1)O[SiH3]. The molecule has 0 aliphatic rings. The molecule has 2 aromatic rings. The Kier molecular flexibility index (Phi) is 5.97. The van der Waals surface area contributed by atoms with Crippen molar-refractivity contribution in [2.75, 3.05) is 0 Å². The lowest BCUT2D eigenvalue weighted by Crippen LogP contribution is -2.34. The molecule has 0 aliphatic carbocycles. The molecule has 110 valence electrons. The molecule has 0 bridgehead atoms. The largest absolute Gasteiger partial charge is 0.422 e. The number of rotatable bonds is 8. The summed E-state index contributed by atoms with van der Waals surface area (Å²) in [6, 6.07) is 21.3. The number of hydrogen-bond donors (Lipinski definition) is 0. The van der Waals surface area contributed by atoms with E-state index in [1.54, 1.807) is 0 Å². The summed E-state index contributed by atoms with van der Waals surface area (Å²) in [6.45, 7) is 3.93. The molecule has 0 saturated carbocycles. The van der Waals surface area contributed by atoms with E-state index in [0.717, 1.165) is 36.2 Å². The van der Waals surface area contributed by atoms with E-state index in [9.17, 15) is 0 Å². The third-order valence-corrected chi connectivity index (χ3v) is 4.90. The molecule has 0 aromatic heterocycles. The van der Waals surface area contributed by atoms with Crippen molar-refractivity contribution in [3.8, 4) is 0 Å². The molecular formula is C19H24OSi. The van der Waals surface area contributed by atoms with Crippen LogP contribution in [-0.2, 0) is 17.3 Å². The van der Waals surface area contributed by atoms with Gasteiger partial charge in [0.2, 0.25) is 0 Å². The van der Waals surface area contributed by atoms with Crippen molar-refractivity contribution in [3.05, 3.63) is 84.4 Å². The first-order chi connectivity index (χ1) is 10.3. The van der Waals surface area contributed by atoms with Crippen LogP contribution in [0.3, 0.4) is 0 Å². The summed E-state index contributed by atoms with van der Waals surface area (Å²) in [5, 5.41) is 0. The zero-order valence-corrected chi connectivity index (χ0v) is 14.8. The second kappa shape index (κ2) is 7.96. The molecule has 0 fully saturated rings. The Labute approximate surface area is 131 Å². The maximum atomic E-state index is 6.07. The van der Waals surface area contributed by atoms with Crippen molar-refractivity contribution in [2.45, 2.75) is 31.3 Å². The highest BCUT2D eigenvalue weighted by Gasteiger charge is 2.27. The Morgan fingerprint density at radius 2 is 1.52 bits per heavy atom. The van der Waals surface area contributed by atoms with E-state index in [2.05, 4.69) is 67.2 Å². The molecular weight excluding hydrogens is 272 g/mol. The Balaban J connectivity index is 2.10. The summed E-state index contributed by atoms with van der Waals surface area (Å²) in [4.78, 5) is 0. The molecule has 0 spiro atoms. The normalized spacial score (nSPS) is 13.7. The molecule has 1 unspecified atom stereocenters. The molecule has 0 heterocycles. The van der Waals surface area contributed by atoms with Crippen molar-refractivity contribution in [2.24, 2.45) is 0 Å². The minimum atomic E-state index is -0.106. The van der Waals surface area contributed by atoms with E-state index >= 15 is 0 Å². The highest BCUT2D eigenvalue weighted by atomic mass is 28.2. The second-order valence-electron chi connectivity index (χ2n) is 5.53. The molecule has 2 heteroatoms. The minimum absolute atomic E-state index is 0.106. The standard InChI is InChI=1S/C19H24OSi/c1-2-14-19(20-21,16-18-11-7-4-8-12-18)15-13-17-9-5-3-6-10-17/h2-12H,1,13-16H2,21H3. The first-order valence-corrected chi connectivity index (χ1v) is 8.33. The molecule has 2 aromatic carbocycles. The van der Waals surface area contributed by atoms with Gasteiger partial charge in [-0.1, -0.05) is 66.7 Å². The lowest BCUT2D eigenvalue weighted by Gasteiger charge is -2.33. The number of benzene rings is 2. The first kappa shape index (κ1) is 15.7. The van der Waals surface area contributed by atoms with Gasteiger partial charge in [0.25, 0.3) is 0 Å². The van der Waals surface area contributed by atoms with Crippen LogP contribution in [0.4, 0.5) is 0 Å². The summed E-state index contributed by atoms with van der Waals surface area (Å²) in [5.41, 5.74) is 2.60. The topological polar surface area (TPSA) is 9.23 Å². The molecule has 1 atom stereocenters. The van der Waals surface area contributed by atoms with Gasteiger partial charge in [-0.3, -0.25) is 0 Å². The molecule has 0 radical (unpaired) electrons. The third-order valence-electron chi connectivity index (χ3n) is 4.03. The Morgan fingerprint density at radius 3 is 2.05 bits per heavy atom. The van der Waals surface area contributed by atoms with Gasteiger partial charge in [0.05, 0.1) is 5.60 Å². The van der Waals surface area contributed by atoms with E-state index in [1.165, 1.54) is 11.1 Å². The predicted octanol–water partition coefficient (Wildman–Crippen LogP) is 3.47. The van der Waals surface area contributed by atoms with Gasteiger partial charge in [-0.15, -0.1) is 6.58 Å². The van der Waals surface area contributed by atoms with Crippen LogP contribution in [0, 0.1) is 0 Å². The minimum Gasteiger partial charge on any atom is -0.422 e. The molecule has 0 N–H and O–H groups in total. The maximum absolute atomic E-state index is 6.07. The lowest BCUT2D eigenvalue weighted by atomic mass is 9.86. The average molecular weight is 296 g/mol. The van der Waals surface area contributed by atoms with Crippen LogP contribution in [0.15, 0.2) is 73.3 Å². The van der Waals surface area contributed by atoms with Crippen LogP contribution < -0.4 is 0 Å². The Morgan fingerprint density at radius 1 is 0.952 bits per heavy atom. The number of hydrogen-bond acceptors (Lipinski definition) is 1. The van der Waals surface area contributed by atoms with Gasteiger partial charge in [-0.05, 0) is 30.4 Å². The lowest BCUT2D eigenvalue weighted by molar-refractivity contribution is 0.0737. The third kappa shape index (κ3) is 4.69. The predicted molar refractivity (Wildman–Crippen MR) is 93.5 cm³/mol. The summed E-state index contributed by atoms with van der Waals surface area (Å²) >= 11 is 0. The summed E-state index contributed by atoms with van der Waals surface area (Å²) in [5.74, 6) is 0. The quantitative estimate of drug-likeness (QED) is 0.535. The number of aryl methyl sites for hydroxylation is 1. The van der Waals surface area contributed by atoms with Gasteiger partial charge in [0.1, 0.15) is 10.5 Å². The highest BCUT2D eigenvalue weighted by Crippen LogP contribution is 2.27. The summed E-state index contributed by atoms with van der Waals surface area (Å²) in [7, 11) is 0.750. The van der Waals surface area contributed by atoms with Gasteiger partial charge in [-0.25, -0.2) is 0 Å². The van der Waals surface area contributed by atoms with Gasteiger partial charge >= 0.3 is 0 Å². The van der Waals surface area contributed by atoms with Crippen LogP contribution in [0.25, 0.3) is 0 Å². The van der Waals surface area contributed by atoms with E-state index in [4.69, 9.17) is 4.43 Å². The molecule has 0 aliphatic heterocycles. The Hall–Kier alpha value is -1.64. The fourth-order valence-corrected chi connectivity index (χ4v) is 3.28. The van der Waals surface area contributed by atoms with Gasteiger partial charge in [-0.2, -0.15) is 0 Å². The van der Waals surface area contributed by atoms with E-state index in [-0.39, 0.29) is 5.60 Å². The monoisotopic (exact) mass is 296 g/mol. The fourth-order valence-electron chi connectivity index (χ4n) is 2.77. The zero-order chi connectivity index (χ0) is 15.0. The molecule has 21 heavy (non-hydrogen) atoms. The molecule has 0 saturated heterocycles. The van der Waals surface area contributed by atoms with Crippen LogP contribution in [-0.4, -0.2) is 16.1 Å². The molecule has 1 nitrogen and oxygen atoms in total. The van der Waals surface area contributed by atoms with Crippen molar-refractivity contribution >= 4 is 10.5 Å². The highest BCUT2D eigenvalue weighted by molar-refractivity contribution is 5.98. The molecule has 0 amide bonds. The first-order valence-electron chi connectivity index (χ1n) is 7.52. The van der Waals surface area contributed by atoms with Crippen molar-refractivity contribution in [1.29, 1.82) is 0 Å². The molecule has 2 rings (SSSR count). The second-order valence-corrected chi connectivity index (χ2v) is 5.94. The van der Waals surface area contributed by atoms with Gasteiger partial charge < -0.3 is 4.43 Å². The fraction of sp³-hybridized carbons (Fsp3) is 0.263. The van der Waals surface area contributed by atoms with Crippen LogP contribution >= 0.6 is 0 Å². The smallest absolute Gasteiger partial charge is 0.146 e. The van der Waals surface area contributed by atoms with Crippen molar-refractivity contribution in [3.63, 3.8) is 0 Å². The summed E-state index contributed by atoms with van der Waals surface area (Å²) in [6.07, 6.45) is 5.92. The summed E-state index contributed by atoms with van der Waals surface area (Å²) < 4.78 is 6.07. The Bertz CT molecular complexity index is 538. The maximum Gasteiger partial charge on any atom is 0.146 e.